The van der Waals surface area contributed by atoms with Gasteiger partial charge in [0.15, 0.2) is 0 Å². The van der Waals surface area contributed by atoms with E-state index in [0.29, 0.717) is 6.54 Å². The molecule has 0 saturated heterocycles. The number of hydrogen-bond donors (Lipinski definition) is 2. The zero-order chi connectivity index (χ0) is 12.9. The Morgan fingerprint density at radius 2 is 2.12 bits per heavy atom. The third kappa shape index (κ3) is 6.28. The molecule has 1 aromatic heterocycles. The van der Waals surface area contributed by atoms with Gasteiger partial charge in [-0.1, -0.05) is 0 Å². The molecular weight excluding hydrogens is 253 g/mol. The van der Waals surface area contributed by atoms with Crippen LogP contribution in [0.25, 0.3) is 0 Å². The van der Waals surface area contributed by atoms with Gasteiger partial charge in [0.1, 0.15) is 0 Å². The average molecular weight is 266 g/mol. The number of thiophene rings is 1. The molecule has 0 aromatic carbocycles. The van der Waals surface area contributed by atoms with Gasteiger partial charge in [-0.05, 0) is 19.1 Å². The van der Waals surface area contributed by atoms with Gasteiger partial charge < -0.3 is 10.6 Å². The maximum absolute atomic E-state index is 11.8. The van der Waals surface area contributed by atoms with Crippen LogP contribution < -0.4 is 10.6 Å². The van der Waals surface area contributed by atoms with Crippen LogP contribution in [-0.2, 0) is 11.3 Å². The van der Waals surface area contributed by atoms with Gasteiger partial charge in [-0.2, -0.15) is 13.2 Å². The van der Waals surface area contributed by atoms with Crippen molar-refractivity contribution in [1.82, 2.24) is 10.6 Å². The van der Waals surface area contributed by atoms with Gasteiger partial charge in [-0.15, -0.1) is 11.3 Å². The van der Waals surface area contributed by atoms with Crippen LogP contribution in [0.15, 0.2) is 12.1 Å². The van der Waals surface area contributed by atoms with Crippen LogP contribution in [0.3, 0.4) is 0 Å². The molecule has 1 aromatic rings. The second kappa shape index (κ2) is 6.02. The zero-order valence-electron chi connectivity index (χ0n) is 9.23. The van der Waals surface area contributed by atoms with E-state index in [9.17, 15) is 18.0 Å². The van der Waals surface area contributed by atoms with Gasteiger partial charge in [-0.3, -0.25) is 4.79 Å². The first-order chi connectivity index (χ1) is 7.87. The summed E-state index contributed by atoms with van der Waals surface area (Å²) in [5, 5.41) is 4.57. The molecule has 0 radical (unpaired) electrons. The van der Waals surface area contributed by atoms with Gasteiger partial charge in [0.05, 0.1) is 19.6 Å². The molecule has 0 unspecified atom stereocenters. The van der Waals surface area contributed by atoms with Crippen LogP contribution in [0.1, 0.15) is 9.75 Å². The maximum atomic E-state index is 11.8. The molecule has 17 heavy (non-hydrogen) atoms. The quantitative estimate of drug-likeness (QED) is 0.853. The molecule has 1 heterocycles. The van der Waals surface area contributed by atoms with Gasteiger partial charge in [0.25, 0.3) is 0 Å². The summed E-state index contributed by atoms with van der Waals surface area (Å²) in [6.45, 7) is 0.814. The molecule has 7 heteroatoms. The lowest BCUT2D eigenvalue weighted by atomic mass is 10.4. The van der Waals surface area contributed by atoms with Crippen LogP contribution in [0.4, 0.5) is 13.2 Å². The molecule has 0 saturated carbocycles. The Bertz CT molecular complexity index is 376. The number of halogens is 3. The average Bonchev–Trinajstić information content (AvgIpc) is 2.59. The number of aryl methyl sites for hydroxylation is 1. The Morgan fingerprint density at radius 3 is 2.65 bits per heavy atom. The zero-order valence-corrected chi connectivity index (χ0v) is 10.0. The number of carbonyl (C=O) groups is 1. The van der Waals surface area contributed by atoms with Crippen molar-refractivity contribution >= 4 is 17.2 Å². The fourth-order valence-electron chi connectivity index (χ4n) is 1.15. The third-order valence-electron chi connectivity index (χ3n) is 1.87. The summed E-state index contributed by atoms with van der Waals surface area (Å²) in [6.07, 6.45) is -4.29. The van der Waals surface area contributed by atoms with Crippen molar-refractivity contribution in [1.29, 1.82) is 0 Å². The minimum Gasteiger partial charge on any atom is -0.350 e. The molecule has 2 N–H and O–H groups in total. The molecule has 0 fully saturated rings. The SMILES string of the molecule is Cc1ccc(CNC(=O)CNCC(F)(F)F)s1. The molecule has 0 aliphatic heterocycles. The Labute approximate surface area is 101 Å². The van der Waals surface area contributed by atoms with Crippen LogP contribution in [0.2, 0.25) is 0 Å². The molecule has 1 amide bonds. The summed E-state index contributed by atoms with van der Waals surface area (Å²) < 4.78 is 35.3. The van der Waals surface area contributed by atoms with Crippen LogP contribution >= 0.6 is 11.3 Å². The van der Waals surface area contributed by atoms with Crippen LogP contribution in [-0.4, -0.2) is 25.2 Å². The number of hydrogen-bond acceptors (Lipinski definition) is 3. The van der Waals surface area contributed by atoms with E-state index in [2.05, 4.69) is 5.32 Å². The van der Waals surface area contributed by atoms with E-state index in [1.807, 2.05) is 24.4 Å². The number of rotatable bonds is 5. The predicted molar refractivity (Wildman–Crippen MR) is 59.8 cm³/mol. The first-order valence-electron chi connectivity index (χ1n) is 4.96. The van der Waals surface area contributed by atoms with E-state index in [-0.39, 0.29) is 6.54 Å². The normalized spacial score (nSPS) is 11.5. The molecule has 0 bridgehead atoms. The van der Waals surface area contributed by atoms with E-state index in [1.54, 1.807) is 11.3 Å². The second-order valence-electron chi connectivity index (χ2n) is 3.51. The summed E-state index contributed by atoms with van der Waals surface area (Å²) in [6, 6.07) is 3.80. The smallest absolute Gasteiger partial charge is 0.350 e. The largest absolute Gasteiger partial charge is 0.401 e. The molecule has 0 atom stereocenters. The fraction of sp³-hybridized carbons (Fsp3) is 0.500. The first-order valence-corrected chi connectivity index (χ1v) is 5.78. The van der Waals surface area contributed by atoms with E-state index >= 15 is 0 Å². The van der Waals surface area contributed by atoms with Gasteiger partial charge in [-0.25, -0.2) is 0 Å². The highest BCUT2D eigenvalue weighted by atomic mass is 32.1. The van der Waals surface area contributed by atoms with Crippen molar-refractivity contribution in [2.24, 2.45) is 0 Å². The van der Waals surface area contributed by atoms with E-state index in [0.717, 1.165) is 9.75 Å². The highest BCUT2D eigenvalue weighted by molar-refractivity contribution is 7.11. The molecule has 3 nitrogen and oxygen atoms in total. The highest BCUT2D eigenvalue weighted by Gasteiger charge is 2.26. The predicted octanol–water partition coefficient (Wildman–Crippen LogP) is 1.82. The van der Waals surface area contributed by atoms with Crippen molar-refractivity contribution in [3.63, 3.8) is 0 Å². The van der Waals surface area contributed by atoms with Crippen molar-refractivity contribution in [3.8, 4) is 0 Å². The number of amides is 1. The van der Waals surface area contributed by atoms with E-state index in [1.165, 1.54) is 0 Å². The minimum absolute atomic E-state index is 0.329. The topological polar surface area (TPSA) is 41.1 Å². The molecule has 1 rings (SSSR count). The summed E-state index contributed by atoms with van der Waals surface area (Å²) in [7, 11) is 0. The third-order valence-corrected chi connectivity index (χ3v) is 2.87. The minimum atomic E-state index is -4.29. The summed E-state index contributed by atoms with van der Waals surface area (Å²) in [5.74, 6) is -0.444. The first kappa shape index (κ1) is 14.0. The Hall–Kier alpha value is -1.08. The summed E-state index contributed by atoms with van der Waals surface area (Å²) in [4.78, 5) is 13.3. The van der Waals surface area contributed by atoms with Gasteiger partial charge in [0.2, 0.25) is 5.91 Å². The van der Waals surface area contributed by atoms with Crippen LogP contribution in [0.5, 0.6) is 0 Å². The van der Waals surface area contributed by atoms with Crippen molar-refractivity contribution in [2.45, 2.75) is 19.6 Å². The Balaban J connectivity index is 2.18. The maximum Gasteiger partial charge on any atom is 0.401 e. The Morgan fingerprint density at radius 1 is 1.41 bits per heavy atom. The summed E-state index contributed by atoms with van der Waals surface area (Å²) in [5.41, 5.74) is 0. The molecule has 0 aliphatic rings. The van der Waals surface area contributed by atoms with Gasteiger partial charge >= 0.3 is 6.18 Å². The van der Waals surface area contributed by atoms with Crippen molar-refractivity contribution < 1.29 is 18.0 Å². The number of nitrogens with one attached hydrogen (secondary N) is 2. The molecule has 96 valence electrons. The molecule has 0 spiro atoms. The molecular formula is C10H13F3N2OS. The van der Waals surface area contributed by atoms with Crippen molar-refractivity contribution in [3.05, 3.63) is 21.9 Å². The number of alkyl halides is 3. The lowest BCUT2D eigenvalue weighted by Gasteiger charge is -2.08. The monoisotopic (exact) mass is 266 g/mol. The lowest BCUT2D eigenvalue weighted by molar-refractivity contribution is -0.128. The standard InChI is InChI=1S/C10H13F3N2OS/c1-7-2-3-8(17-7)4-15-9(16)5-14-6-10(11,12)13/h2-3,14H,4-6H2,1H3,(H,15,16). The fourth-order valence-corrected chi connectivity index (χ4v) is 1.98. The highest BCUT2D eigenvalue weighted by Crippen LogP contribution is 2.14. The number of carbonyl (C=O) groups excluding carboxylic acids is 1. The van der Waals surface area contributed by atoms with Crippen molar-refractivity contribution in [2.75, 3.05) is 13.1 Å². The second-order valence-corrected chi connectivity index (χ2v) is 4.88. The molecule has 0 aliphatic carbocycles. The summed E-state index contributed by atoms with van der Waals surface area (Å²) >= 11 is 1.54. The van der Waals surface area contributed by atoms with Crippen LogP contribution in [0, 0.1) is 6.92 Å². The lowest BCUT2D eigenvalue weighted by Crippen LogP contribution is -2.37. The van der Waals surface area contributed by atoms with E-state index < -0.39 is 18.6 Å². The Kier molecular flexibility index (Phi) is 4.95. The van der Waals surface area contributed by atoms with Gasteiger partial charge in [0, 0.05) is 9.75 Å². The van der Waals surface area contributed by atoms with E-state index in [4.69, 9.17) is 0 Å².